The van der Waals surface area contributed by atoms with Gasteiger partial charge in [-0.15, -0.1) is 0 Å². The maximum atomic E-state index is 9.75. The zero-order valence-electron chi connectivity index (χ0n) is 11.2. The lowest BCUT2D eigenvalue weighted by Gasteiger charge is -2.25. The molecule has 0 spiro atoms. The zero-order chi connectivity index (χ0) is 12.5. The van der Waals surface area contributed by atoms with Crippen molar-refractivity contribution in [2.45, 2.75) is 45.3 Å². The van der Waals surface area contributed by atoms with Crippen LogP contribution < -0.4 is 0 Å². The quantitative estimate of drug-likeness (QED) is 0.866. The summed E-state index contributed by atoms with van der Waals surface area (Å²) in [6, 6.07) is 6.79. The topological polar surface area (TPSA) is 23.5 Å². The van der Waals surface area contributed by atoms with Crippen molar-refractivity contribution in [3.05, 3.63) is 34.9 Å². The molecule has 1 N–H and O–H groups in total. The van der Waals surface area contributed by atoms with E-state index >= 15 is 0 Å². The second-order valence-corrected chi connectivity index (χ2v) is 5.90. The summed E-state index contributed by atoms with van der Waals surface area (Å²) in [5, 5.41) is 9.75. The third-order valence-corrected chi connectivity index (χ3v) is 3.50. The summed E-state index contributed by atoms with van der Waals surface area (Å²) in [6.45, 7) is 5.98. The van der Waals surface area contributed by atoms with Crippen LogP contribution in [0.2, 0.25) is 0 Å². The number of fused-ring (bicyclic) bond motifs is 1. The minimum atomic E-state index is -0.559. The van der Waals surface area contributed by atoms with Crippen LogP contribution in [-0.4, -0.2) is 29.2 Å². The summed E-state index contributed by atoms with van der Waals surface area (Å²) in [5.74, 6) is 0. The van der Waals surface area contributed by atoms with E-state index in [0.717, 1.165) is 32.4 Å². The SMILES string of the molecule is CN1CCc2cc(CCC(C)(C)O)ccc2C1. The van der Waals surface area contributed by atoms with Gasteiger partial charge in [0, 0.05) is 13.1 Å². The third kappa shape index (κ3) is 3.55. The van der Waals surface area contributed by atoms with Crippen molar-refractivity contribution in [3.8, 4) is 0 Å². The van der Waals surface area contributed by atoms with Gasteiger partial charge in [-0.3, -0.25) is 0 Å². The molecule has 2 nitrogen and oxygen atoms in total. The van der Waals surface area contributed by atoms with Gasteiger partial charge >= 0.3 is 0 Å². The molecular formula is C15H23NO. The second kappa shape index (κ2) is 4.79. The van der Waals surface area contributed by atoms with E-state index in [0.29, 0.717) is 0 Å². The summed E-state index contributed by atoms with van der Waals surface area (Å²) >= 11 is 0. The van der Waals surface area contributed by atoms with E-state index in [1.54, 1.807) is 0 Å². The summed E-state index contributed by atoms with van der Waals surface area (Å²) in [4.78, 5) is 2.36. The zero-order valence-corrected chi connectivity index (χ0v) is 11.2. The number of hydrogen-bond donors (Lipinski definition) is 1. The molecule has 2 rings (SSSR count). The van der Waals surface area contributed by atoms with Gasteiger partial charge < -0.3 is 10.0 Å². The van der Waals surface area contributed by atoms with Crippen LogP contribution in [-0.2, 0) is 19.4 Å². The van der Waals surface area contributed by atoms with Gasteiger partial charge in [-0.25, -0.2) is 0 Å². The highest BCUT2D eigenvalue weighted by molar-refractivity contribution is 5.34. The fourth-order valence-corrected chi connectivity index (χ4v) is 2.35. The first-order valence-electron chi connectivity index (χ1n) is 6.46. The number of nitrogens with zero attached hydrogens (tertiary/aromatic N) is 1. The predicted octanol–water partition coefficient (Wildman–Crippen LogP) is 2.38. The summed E-state index contributed by atoms with van der Waals surface area (Å²) in [5.41, 5.74) is 3.76. The molecule has 0 bridgehead atoms. The molecule has 2 heteroatoms. The molecule has 94 valence electrons. The fraction of sp³-hybridized carbons (Fsp3) is 0.600. The molecule has 0 aromatic heterocycles. The molecule has 0 radical (unpaired) electrons. The Balaban J connectivity index is 2.06. The van der Waals surface area contributed by atoms with Gasteiger partial charge in [0.25, 0.3) is 0 Å². The van der Waals surface area contributed by atoms with E-state index in [-0.39, 0.29) is 0 Å². The Morgan fingerprint density at radius 2 is 2.06 bits per heavy atom. The Morgan fingerprint density at radius 1 is 1.29 bits per heavy atom. The van der Waals surface area contributed by atoms with E-state index in [1.807, 2.05) is 13.8 Å². The van der Waals surface area contributed by atoms with Gasteiger partial charge in [-0.05, 0) is 56.8 Å². The van der Waals surface area contributed by atoms with Crippen LogP contribution in [0.4, 0.5) is 0 Å². The normalized spacial score (nSPS) is 16.9. The van der Waals surface area contributed by atoms with Crippen molar-refractivity contribution in [1.29, 1.82) is 0 Å². The predicted molar refractivity (Wildman–Crippen MR) is 71.1 cm³/mol. The minimum Gasteiger partial charge on any atom is -0.390 e. The average Bonchev–Trinajstić information content (AvgIpc) is 2.25. The van der Waals surface area contributed by atoms with Crippen LogP contribution in [0.25, 0.3) is 0 Å². The molecule has 1 aliphatic heterocycles. The maximum Gasteiger partial charge on any atom is 0.0594 e. The van der Waals surface area contributed by atoms with E-state index in [2.05, 4.69) is 30.1 Å². The number of likely N-dealkylation sites (N-methyl/N-ethyl adjacent to an activating group) is 1. The van der Waals surface area contributed by atoms with Crippen molar-refractivity contribution in [2.24, 2.45) is 0 Å². The summed E-state index contributed by atoms with van der Waals surface area (Å²) in [6.07, 6.45) is 2.94. The van der Waals surface area contributed by atoms with Gasteiger partial charge in [0.1, 0.15) is 0 Å². The van der Waals surface area contributed by atoms with Crippen molar-refractivity contribution >= 4 is 0 Å². The third-order valence-electron chi connectivity index (χ3n) is 3.50. The number of aryl methyl sites for hydroxylation is 1. The van der Waals surface area contributed by atoms with Crippen LogP contribution >= 0.6 is 0 Å². The Labute approximate surface area is 104 Å². The lowest BCUT2D eigenvalue weighted by atomic mass is 9.93. The van der Waals surface area contributed by atoms with Crippen molar-refractivity contribution in [2.75, 3.05) is 13.6 Å². The first-order chi connectivity index (χ1) is 7.94. The minimum absolute atomic E-state index is 0.559. The number of aliphatic hydroxyl groups is 1. The molecule has 17 heavy (non-hydrogen) atoms. The van der Waals surface area contributed by atoms with E-state index in [9.17, 15) is 5.11 Å². The smallest absolute Gasteiger partial charge is 0.0594 e. The van der Waals surface area contributed by atoms with E-state index in [4.69, 9.17) is 0 Å². The molecule has 0 aliphatic carbocycles. The van der Waals surface area contributed by atoms with Crippen LogP contribution in [0.1, 0.15) is 37.0 Å². The van der Waals surface area contributed by atoms with Crippen molar-refractivity contribution in [1.82, 2.24) is 4.90 Å². The molecule has 0 atom stereocenters. The summed E-state index contributed by atoms with van der Waals surface area (Å²) < 4.78 is 0. The van der Waals surface area contributed by atoms with E-state index < -0.39 is 5.60 Å². The van der Waals surface area contributed by atoms with Gasteiger partial charge in [-0.2, -0.15) is 0 Å². The molecule has 0 saturated heterocycles. The molecule has 0 saturated carbocycles. The second-order valence-electron chi connectivity index (χ2n) is 5.90. The molecule has 1 heterocycles. The van der Waals surface area contributed by atoms with Crippen LogP contribution in [0.15, 0.2) is 18.2 Å². The van der Waals surface area contributed by atoms with E-state index in [1.165, 1.54) is 16.7 Å². The van der Waals surface area contributed by atoms with Crippen LogP contribution in [0.3, 0.4) is 0 Å². The first kappa shape index (κ1) is 12.6. The Kier molecular flexibility index (Phi) is 3.55. The van der Waals surface area contributed by atoms with Crippen molar-refractivity contribution in [3.63, 3.8) is 0 Å². The van der Waals surface area contributed by atoms with Gasteiger partial charge in [-0.1, -0.05) is 18.2 Å². The van der Waals surface area contributed by atoms with Crippen LogP contribution in [0, 0.1) is 0 Å². The fourth-order valence-electron chi connectivity index (χ4n) is 2.35. The number of benzene rings is 1. The lowest BCUT2D eigenvalue weighted by Crippen LogP contribution is -2.26. The molecule has 1 aromatic rings. The number of rotatable bonds is 3. The standard InChI is InChI=1S/C15H23NO/c1-15(2,17)8-6-12-4-5-14-11-16(3)9-7-13(14)10-12/h4-5,10,17H,6-9,11H2,1-3H3. The largest absolute Gasteiger partial charge is 0.390 e. The molecule has 0 unspecified atom stereocenters. The van der Waals surface area contributed by atoms with Gasteiger partial charge in [0.2, 0.25) is 0 Å². The molecule has 1 aliphatic rings. The van der Waals surface area contributed by atoms with Crippen LogP contribution in [0.5, 0.6) is 0 Å². The average molecular weight is 233 g/mol. The first-order valence-corrected chi connectivity index (χ1v) is 6.46. The lowest BCUT2D eigenvalue weighted by molar-refractivity contribution is 0.0714. The maximum absolute atomic E-state index is 9.75. The molecule has 0 fully saturated rings. The Hall–Kier alpha value is -0.860. The van der Waals surface area contributed by atoms with Gasteiger partial charge in [0.15, 0.2) is 0 Å². The summed E-state index contributed by atoms with van der Waals surface area (Å²) in [7, 11) is 2.17. The Morgan fingerprint density at radius 3 is 2.76 bits per heavy atom. The molecular weight excluding hydrogens is 210 g/mol. The Bertz CT molecular complexity index is 392. The highest BCUT2D eigenvalue weighted by Crippen LogP contribution is 2.21. The number of hydrogen-bond acceptors (Lipinski definition) is 2. The van der Waals surface area contributed by atoms with Gasteiger partial charge in [0.05, 0.1) is 5.60 Å². The highest BCUT2D eigenvalue weighted by atomic mass is 16.3. The van der Waals surface area contributed by atoms with Crippen molar-refractivity contribution < 1.29 is 5.11 Å². The molecule has 1 aromatic carbocycles. The highest BCUT2D eigenvalue weighted by Gasteiger charge is 2.15. The molecule has 0 amide bonds. The monoisotopic (exact) mass is 233 g/mol.